The summed E-state index contributed by atoms with van der Waals surface area (Å²) >= 11 is 0. The molecule has 0 unspecified atom stereocenters. The first-order chi connectivity index (χ1) is 13.8. The molecule has 0 radical (unpaired) electrons. The quantitative estimate of drug-likeness (QED) is 0.734. The van der Waals surface area contributed by atoms with Crippen molar-refractivity contribution in [3.63, 3.8) is 0 Å². The number of carbonyl (C=O) groups is 1. The van der Waals surface area contributed by atoms with Gasteiger partial charge in [0.25, 0.3) is 11.5 Å². The Bertz CT molecular complexity index is 1140. The van der Waals surface area contributed by atoms with Crippen LogP contribution in [0.1, 0.15) is 13.8 Å². The summed E-state index contributed by atoms with van der Waals surface area (Å²) in [5.74, 6) is 0.342. The van der Waals surface area contributed by atoms with Crippen LogP contribution < -0.4 is 20.3 Å². The number of nitrogens with zero attached hydrogens (tertiary/aromatic N) is 2. The second-order valence-electron chi connectivity index (χ2n) is 7.06. The SMILES string of the molecule is CC(C)(C(=O)Nc1ccc2c(c1)OCO2)n1nc(-c2ccc(F)cc2)ccc1=O. The van der Waals surface area contributed by atoms with E-state index < -0.39 is 17.0 Å². The second kappa shape index (κ2) is 7.05. The van der Waals surface area contributed by atoms with Gasteiger partial charge in [-0.3, -0.25) is 9.59 Å². The third-order valence-corrected chi connectivity index (χ3v) is 4.66. The molecular weight excluding hydrogens is 377 g/mol. The van der Waals surface area contributed by atoms with E-state index in [-0.39, 0.29) is 12.6 Å². The number of ether oxygens (including phenoxy) is 2. The fourth-order valence-corrected chi connectivity index (χ4v) is 2.94. The third kappa shape index (κ3) is 3.56. The number of hydrogen-bond acceptors (Lipinski definition) is 5. The number of aromatic nitrogens is 2. The van der Waals surface area contributed by atoms with Crippen LogP contribution in [0, 0.1) is 5.82 Å². The highest BCUT2D eigenvalue weighted by Crippen LogP contribution is 2.34. The van der Waals surface area contributed by atoms with E-state index in [1.807, 2.05) is 0 Å². The first-order valence-electron chi connectivity index (χ1n) is 8.92. The van der Waals surface area contributed by atoms with Crippen LogP contribution in [0.25, 0.3) is 11.3 Å². The van der Waals surface area contributed by atoms with Crippen molar-refractivity contribution in [1.82, 2.24) is 9.78 Å². The molecule has 0 saturated heterocycles. The zero-order valence-electron chi connectivity index (χ0n) is 15.8. The van der Waals surface area contributed by atoms with Crippen molar-refractivity contribution >= 4 is 11.6 Å². The fourth-order valence-electron chi connectivity index (χ4n) is 2.94. The van der Waals surface area contributed by atoms with Gasteiger partial charge >= 0.3 is 0 Å². The van der Waals surface area contributed by atoms with Gasteiger partial charge < -0.3 is 14.8 Å². The largest absolute Gasteiger partial charge is 0.454 e. The summed E-state index contributed by atoms with van der Waals surface area (Å²) in [6, 6.07) is 13.7. The zero-order chi connectivity index (χ0) is 20.6. The first kappa shape index (κ1) is 18.7. The smallest absolute Gasteiger partial charge is 0.267 e. The first-order valence-corrected chi connectivity index (χ1v) is 8.92. The van der Waals surface area contributed by atoms with Crippen molar-refractivity contribution in [3.8, 4) is 22.8 Å². The molecule has 1 aromatic heterocycles. The van der Waals surface area contributed by atoms with Gasteiger partial charge in [-0.1, -0.05) is 0 Å². The van der Waals surface area contributed by atoms with Crippen molar-refractivity contribution in [1.29, 1.82) is 0 Å². The van der Waals surface area contributed by atoms with Crippen LogP contribution in [0.2, 0.25) is 0 Å². The number of benzene rings is 2. The molecule has 4 rings (SSSR count). The second-order valence-corrected chi connectivity index (χ2v) is 7.06. The summed E-state index contributed by atoms with van der Waals surface area (Å²) in [7, 11) is 0. The lowest BCUT2D eigenvalue weighted by molar-refractivity contribution is -0.123. The molecule has 148 valence electrons. The Kier molecular flexibility index (Phi) is 4.54. The number of rotatable bonds is 4. The lowest BCUT2D eigenvalue weighted by atomic mass is 10.0. The third-order valence-electron chi connectivity index (χ3n) is 4.66. The Morgan fingerprint density at radius 3 is 2.55 bits per heavy atom. The minimum Gasteiger partial charge on any atom is -0.454 e. The Morgan fingerprint density at radius 2 is 1.79 bits per heavy atom. The normalized spacial score (nSPS) is 12.7. The summed E-state index contributed by atoms with van der Waals surface area (Å²) in [5.41, 5.74) is -0.124. The minimum absolute atomic E-state index is 0.133. The van der Waals surface area contributed by atoms with E-state index in [4.69, 9.17) is 9.47 Å². The van der Waals surface area contributed by atoms with Crippen molar-refractivity contribution in [2.24, 2.45) is 0 Å². The molecule has 0 bridgehead atoms. The summed E-state index contributed by atoms with van der Waals surface area (Å²) in [6.07, 6.45) is 0. The molecule has 7 nitrogen and oxygen atoms in total. The van der Waals surface area contributed by atoms with Crippen LogP contribution in [0.5, 0.6) is 11.5 Å². The van der Waals surface area contributed by atoms with Gasteiger partial charge in [-0.25, -0.2) is 9.07 Å². The summed E-state index contributed by atoms with van der Waals surface area (Å²) in [4.78, 5) is 25.4. The maximum absolute atomic E-state index is 13.2. The number of carbonyl (C=O) groups excluding carboxylic acids is 1. The molecule has 2 heterocycles. The topological polar surface area (TPSA) is 82.4 Å². The molecule has 0 aliphatic carbocycles. The van der Waals surface area contributed by atoms with E-state index in [1.165, 1.54) is 24.3 Å². The molecule has 2 aromatic carbocycles. The highest BCUT2D eigenvalue weighted by Gasteiger charge is 2.32. The average Bonchev–Trinajstić information content (AvgIpc) is 3.17. The molecule has 1 aliphatic rings. The maximum Gasteiger partial charge on any atom is 0.267 e. The highest BCUT2D eigenvalue weighted by atomic mass is 19.1. The average molecular weight is 395 g/mol. The molecule has 1 aliphatic heterocycles. The molecule has 1 amide bonds. The summed E-state index contributed by atoms with van der Waals surface area (Å²) < 4.78 is 24.9. The van der Waals surface area contributed by atoms with Gasteiger partial charge in [0, 0.05) is 23.4 Å². The predicted molar refractivity (Wildman–Crippen MR) is 104 cm³/mol. The summed E-state index contributed by atoms with van der Waals surface area (Å²) in [6.45, 7) is 3.32. The Balaban J connectivity index is 1.63. The van der Waals surface area contributed by atoms with Crippen molar-refractivity contribution < 1.29 is 18.7 Å². The zero-order valence-corrected chi connectivity index (χ0v) is 15.8. The molecule has 8 heteroatoms. The number of halogens is 1. The summed E-state index contributed by atoms with van der Waals surface area (Å²) in [5, 5.41) is 7.12. The Hall–Kier alpha value is -3.68. The van der Waals surface area contributed by atoms with Gasteiger partial charge in [0.1, 0.15) is 11.4 Å². The number of anilines is 1. The number of nitrogens with one attached hydrogen (secondary N) is 1. The lowest BCUT2D eigenvalue weighted by Gasteiger charge is -2.25. The number of fused-ring (bicyclic) bond motifs is 1. The number of hydrogen-bond donors (Lipinski definition) is 1. The van der Waals surface area contributed by atoms with Crippen molar-refractivity contribution in [3.05, 3.63) is 70.8 Å². The van der Waals surface area contributed by atoms with Crippen LogP contribution in [0.4, 0.5) is 10.1 Å². The van der Waals surface area contributed by atoms with Crippen molar-refractivity contribution in [2.75, 3.05) is 12.1 Å². The Morgan fingerprint density at radius 1 is 1.07 bits per heavy atom. The number of amides is 1. The van der Waals surface area contributed by atoms with E-state index in [0.29, 0.717) is 28.4 Å². The molecule has 3 aromatic rings. The molecule has 0 spiro atoms. The minimum atomic E-state index is -1.29. The molecule has 0 saturated carbocycles. The van der Waals surface area contributed by atoms with E-state index in [9.17, 15) is 14.0 Å². The standard InChI is InChI=1S/C21H18FN3O4/c1-21(2,20(27)23-15-7-9-17-18(11-15)29-12-28-17)25-19(26)10-8-16(24-25)13-3-5-14(22)6-4-13/h3-11H,12H2,1-2H3,(H,23,27). The van der Waals surface area contributed by atoms with Crippen LogP contribution in [-0.4, -0.2) is 22.5 Å². The monoisotopic (exact) mass is 395 g/mol. The predicted octanol–water partition coefficient (Wildman–Crippen LogP) is 3.15. The van der Waals surface area contributed by atoms with E-state index in [2.05, 4.69) is 10.4 Å². The van der Waals surface area contributed by atoms with Gasteiger partial charge in [-0.2, -0.15) is 5.10 Å². The fraction of sp³-hybridized carbons (Fsp3) is 0.190. The van der Waals surface area contributed by atoms with Crippen LogP contribution in [0.3, 0.4) is 0 Å². The molecule has 0 fully saturated rings. The van der Waals surface area contributed by atoms with E-state index in [0.717, 1.165) is 4.68 Å². The van der Waals surface area contributed by atoms with Crippen LogP contribution in [-0.2, 0) is 10.3 Å². The van der Waals surface area contributed by atoms with Gasteiger partial charge in [0.05, 0.1) is 5.69 Å². The maximum atomic E-state index is 13.2. The van der Waals surface area contributed by atoms with E-state index in [1.54, 1.807) is 44.2 Å². The van der Waals surface area contributed by atoms with Gasteiger partial charge in [0.2, 0.25) is 6.79 Å². The van der Waals surface area contributed by atoms with Gasteiger partial charge in [-0.05, 0) is 56.3 Å². The molecular formula is C21H18FN3O4. The van der Waals surface area contributed by atoms with Gasteiger partial charge in [-0.15, -0.1) is 0 Å². The van der Waals surface area contributed by atoms with Crippen LogP contribution >= 0.6 is 0 Å². The van der Waals surface area contributed by atoms with Crippen molar-refractivity contribution in [2.45, 2.75) is 19.4 Å². The lowest BCUT2D eigenvalue weighted by Crippen LogP contribution is -2.47. The molecule has 29 heavy (non-hydrogen) atoms. The highest BCUT2D eigenvalue weighted by molar-refractivity contribution is 5.96. The Labute approximate surface area is 165 Å². The molecule has 0 atom stereocenters. The van der Waals surface area contributed by atoms with E-state index >= 15 is 0 Å². The molecule has 1 N–H and O–H groups in total. The van der Waals surface area contributed by atoms with Gasteiger partial charge in [0.15, 0.2) is 11.5 Å². The van der Waals surface area contributed by atoms with Crippen LogP contribution in [0.15, 0.2) is 59.4 Å².